The van der Waals surface area contributed by atoms with E-state index in [0.29, 0.717) is 52.9 Å². The van der Waals surface area contributed by atoms with Crippen LogP contribution in [0.4, 0.5) is 5.69 Å². The minimum atomic E-state index is -0.130. The lowest BCUT2D eigenvalue weighted by Gasteiger charge is -2.16. The van der Waals surface area contributed by atoms with Gasteiger partial charge in [0.1, 0.15) is 18.2 Å². The van der Waals surface area contributed by atoms with Crippen molar-refractivity contribution in [3.05, 3.63) is 42.7 Å². The van der Waals surface area contributed by atoms with E-state index in [1.165, 1.54) is 13.3 Å². The second-order valence-electron chi connectivity index (χ2n) is 6.61. The number of carbonyl (C=O) groups excluding carboxylic acids is 1. The van der Waals surface area contributed by atoms with E-state index in [1.807, 2.05) is 12.1 Å². The average molecular weight is 395 g/mol. The van der Waals surface area contributed by atoms with E-state index in [-0.39, 0.29) is 12.0 Å². The first-order valence-corrected chi connectivity index (χ1v) is 9.25. The molecule has 1 saturated heterocycles. The standard InChI is InChI=1S/C21H21N3O5/c1-13(25)24-14-3-5-15(6-4-14)29-21-17-9-19(26-2)20(10-18(17)22-12-23-21)28-16-7-8-27-11-16/h3-6,9-10,12,16H,7-8,11H2,1-2H3,(H,24,25). The Balaban J connectivity index is 1.61. The van der Waals surface area contributed by atoms with Crippen molar-refractivity contribution >= 4 is 22.5 Å². The quantitative estimate of drug-likeness (QED) is 0.682. The Hall–Kier alpha value is -3.39. The molecule has 0 saturated carbocycles. The van der Waals surface area contributed by atoms with Crippen LogP contribution in [0.2, 0.25) is 0 Å². The molecule has 1 aliphatic rings. The highest BCUT2D eigenvalue weighted by atomic mass is 16.6. The fourth-order valence-electron chi connectivity index (χ4n) is 3.08. The van der Waals surface area contributed by atoms with Gasteiger partial charge < -0.3 is 24.3 Å². The third-order valence-corrected chi connectivity index (χ3v) is 4.45. The first-order chi connectivity index (χ1) is 14.1. The molecule has 0 bridgehead atoms. The van der Waals surface area contributed by atoms with E-state index in [4.69, 9.17) is 18.9 Å². The Morgan fingerprint density at radius 1 is 1.17 bits per heavy atom. The summed E-state index contributed by atoms with van der Waals surface area (Å²) in [6.07, 6.45) is 2.28. The van der Waals surface area contributed by atoms with Crippen molar-refractivity contribution < 1.29 is 23.7 Å². The summed E-state index contributed by atoms with van der Waals surface area (Å²) in [4.78, 5) is 19.7. The van der Waals surface area contributed by atoms with Gasteiger partial charge in [0, 0.05) is 25.1 Å². The highest BCUT2D eigenvalue weighted by Crippen LogP contribution is 2.37. The molecular formula is C21H21N3O5. The molecule has 1 atom stereocenters. The van der Waals surface area contributed by atoms with Crippen molar-refractivity contribution in [1.82, 2.24) is 9.97 Å². The number of nitrogens with zero attached hydrogens (tertiary/aromatic N) is 2. The topological polar surface area (TPSA) is 91.8 Å². The van der Waals surface area contributed by atoms with E-state index < -0.39 is 0 Å². The summed E-state index contributed by atoms with van der Waals surface area (Å²) in [6.45, 7) is 2.72. The van der Waals surface area contributed by atoms with Crippen molar-refractivity contribution in [1.29, 1.82) is 0 Å². The van der Waals surface area contributed by atoms with Crippen LogP contribution in [0, 0.1) is 0 Å². The third kappa shape index (κ3) is 4.38. The molecule has 1 aliphatic heterocycles. The van der Waals surface area contributed by atoms with Gasteiger partial charge in [-0.05, 0) is 30.3 Å². The summed E-state index contributed by atoms with van der Waals surface area (Å²) in [6, 6.07) is 10.7. The van der Waals surface area contributed by atoms with Gasteiger partial charge in [-0.2, -0.15) is 0 Å². The molecule has 0 spiro atoms. The monoisotopic (exact) mass is 395 g/mol. The van der Waals surface area contributed by atoms with Crippen LogP contribution >= 0.6 is 0 Å². The van der Waals surface area contributed by atoms with Crippen molar-refractivity contribution in [3.63, 3.8) is 0 Å². The van der Waals surface area contributed by atoms with Crippen LogP contribution in [-0.2, 0) is 9.53 Å². The molecule has 2 heterocycles. The molecule has 29 heavy (non-hydrogen) atoms. The fourth-order valence-corrected chi connectivity index (χ4v) is 3.08. The van der Waals surface area contributed by atoms with Crippen LogP contribution < -0.4 is 19.5 Å². The van der Waals surface area contributed by atoms with Crippen molar-refractivity contribution in [2.45, 2.75) is 19.4 Å². The van der Waals surface area contributed by atoms with Gasteiger partial charge in [0.05, 0.1) is 31.2 Å². The second kappa shape index (κ2) is 8.32. The molecule has 1 amide bonds. The normalized spacial score (nSPS) is 15.9. The number of anilines is 1. The van der Waals surface area contributed by atoms with Crippen LogP contribution in [0.3, 0.4) is 0 Å². The number of carbonyl (C=O) groups is 1. The number of benzene rings is 2. The smallest absolute Gasteiger partial charge is 0.230 e. The number of ether oxygens (including phenoxy) is 4. The summed E-state index contributed by atoms with van der Waals surface area (Å²) >= 11 is 0. The first-order valence-electron chi connectivity index (χ1n) is 9.25. The van der Waals surface area contributed by atoms with Gasteiger partial charge in [0.15, 0.2) is 11.5 Å². The Bertz CT molecular complexity index is 1020. The predicted molar refractivity (Wildman–Crippen MR) is 107 cm³/mol. The molecule has 4 rings (SSSR count). The van der Waals surface area contributed by atoms with Gasteiger partial charge in [-0.25, -0.2) is 9.97 Å². The van der Waals surface area contributed by atoms with Gasteiger partial charge in [0.25, 0.3) is 0 Å². The maximum absolute atomic E-state index is 11.1. The number of hydrogen-bond donors (Lipinski definition) is 1. The Morgan fingerprint density at radius 2 is 2.00 bits per heavy atom. The van der Waals surface area contributed by atoms with Crippen molar-refractivity contribution in [2.24, 2.45) is 0 Å². The van der Waals surface area contributed by atoms with Crippen LogP contribution in [-0.4, -0.2) is 42.3 Å². The molecule has 150 valence electrons. The van der Waals surface area contributed by atoms with E-state index >= 15 is 0 Å². The maximum Gasteiger partial charge on any atom is 0.230 e. The van der Waals surface area contributed by atoms with Gasteiger partial charge in [-0.1, -0.05) is 0 Å². The summed E-state index contributed by atoms with van der Waals surface area (Å²) in [7, 11) is 1.59. The summed E-state index contributed by atoms with van der Waals surface area (Å²) in [5.74, 6) is 2.04. The molecule has 1 aromatic heterocycles. The molecule has 0 aliphatic carbocycles. The van der Waals surface area contributed by atoms with E-state index in [1.54, 1.807) is 31.4 Å². The van der Waals surface area contributed by atoms with Gasteiger partial charge >= 0.3 is 0 Å². The number of methoxy groups -OCH3 is 1. The Morgan fingerprint density at radius 3 is 2.69 bits per heavy atom. The van der Waals surface area contributed by atoms with Crippen LogP contribution in [0.25, 0.3) is 10.9 Å². The van der Waals surface area contributed by atoms with Crippen LogP contribution in [0.1, 0.15) is 13.3 Å². The number of hydrogen-bond acceptors (Lipinski definition) is 7. The summed E-state index contributed by atoms with van der Waals surface area (Å²) in [5, 5.41) is 3.42. The number of nitrogens with one attached hydrogen (secondary N) is 1. The number of rotatable bonds is 6. The van der Waals surface area contributed by atoms with Gasteiger partial charge in [0.2, 0.25) is 11.8 Å². The Labute approximate surface area is 167 Å². The zero-order valence-electron chi connectivity index (χ0n) is 16.2. The molecule has 8 heteroatoms. The second-order valence-corrected chi connectivity index (χ2v) is 6.61. The number of aromatic nitrogens is 2. The van der Waals surface area contributed by atoms with Crippen LogP contribution in [0.15, 0.2) is 42.7 Å². The van der Waals surface area contributed by atoms with Crippen molar-refractivity contribution in [3.8, 4) is 23.1 Å². The molecule has 1 unspecified atom stereocenters. The van der Waals surface area contributed by atoms with E-state index in [0.717, 1.165) is 6.42 Å². The Kier molecular flexibility index (Phi) is 5.44. The van der Waals surface area contributed by atoms with Crippen LogP contribution in [0.5, 0.6) is 23.1 Å². The lowest BCUT2D eigenvalue weighted by atomic mass is 10.2. The molecular weight excluding hydrogens is 374 g/mol. The highest BCUT2D eigenvalue weighted by molar-refractivity contribution is 5.89. The highest BCUT2D eigenvalue weighted by Gasteiger charge is 2.20. The van der Waals surface area contributed by atoms with Crippen molar-refractivity contribution in [2.75, 3.05) is 25.6 Å². The number of fused-ring (bicyclic) bond motifs is 1. The fraction of sp³-hybridized carbons (Fsp3) is 0.286. The lowest BCUT2D eigenvalue weighted by Crippen LogP contribution is -2.16. The largest absolute Gasteiger partial charge is 0.493 e. The first kappa shape index (κ1) is 18.9. The lowest BCUT2D eigenvalue weighted by molar-refractivity contribution is -0.114. The molecule has 3 aromatic rings. The molecule has 1 N–H and O–H groups in total. The average Bonchev–Trinajstić information content (AvgIpc) is 3.22. The third-order valence-electron chi connectivity index (χ3n) is 4.45. The minimum Gasteiger partial charge on any atom is -0.493 e. The maximum atomic E-state index is 11.1. The number of amides is 1. The zero-order valence-corrected chi connectivity index (χ0v) is 16.2. The summed E-state index contributed by atoms with van der Waals surface area (Å²) < 4.78 is 22.8. The molecule has 2 aromatic carbocycles. The SMILES string of the molecule is COc1cc2c(Oc3ccc(NC(C)=O)cc3)ncnc2cc1OC1CCOC1. The van der Waals surface area contributed by atoms with E-state index in [2.05, 4.69) is 15.3 Å². The van der Waals surface area contributed by atoms with E-state index in [9.17, 15) is 4.79 Å². The van der Waals surface area contributed by atoms with Gasteiger partial charge in [-0.15, -0.1) is 0 Å². The summed E-state index contributed by atoms with van der Waals surface area (Å²) in [5.41, 5.74) is 1.37. The zero-order chi connectivity index (χ0) is 20.2. The molecule has 8 nitrogen and oxygen atoms in total. The minimum absolute atomic E-state index is 0.000957. The molecule has 1 fully saturated rings. The van der Waals surface area contributed by atoms with Gasteiger partial charge in [-0.3, -0.25) is 4.79 Å². The predicted octanol–water partition coefficient (Wildman–Crippen LogP) is 3.56. The molecule has 0 radical (unpaired) electrons.